The molecule has 3 atom stereocenters. The number of aryl methyl sites for hydroxylation is 1. The second kappa shape index (κ2) is 9.25. The van der Waals surface area contributed by atoms with E-state index in [0.29, 0.717) is 6.54 Å². The van der Waals surface area contributed by atoms with Crippen LogP contribution in [0.1, 0.15) is 61.0 Å². The summed E-state index contributed by atoms with van der Waals surface area (Å²) in [5.41, 5.74) is 2.76. The highest BCUT2D eigenvalue weighted by Crippen LogP contribution is 2.31. The monoisotopic (exact) mass is 377 g/mol. The molecular formula is C21H35N3OS. The predicted molar refractivity (Wildman–Crippen MR) is 113 cm³/mol. The zero-order chi connectivity index (χ0) is 19.3. The number of nitrogens with zero attached hydrogens (tertiary/aromatic N) is 1. The quantitative estimate of drug-likeness (QED) is 0.637. The summed E-state index contributed by atoms with van der Waals surface area (Å²) in [5.74, 6) is 0.126. The number of carbonyl (C=O) groups excluding carboxylic acids is 1. The molecule has 0 aliphatic carbocycles. The average molecular weight is 378 g/mol. The summed E-state index contributed by atoms with van der Waals surface area (Å²) in [6.07, 6.45) is 4.14. The second-order valence-electron chi connectivity index (χ2n) is 7.42. The van der Waals surface area contributed by atoms with E-state index in [0.717, 1.165) is 48.9 Å². The van der Waals surface area contributed by atoms with Crippen molar-refractivity contribution in [3.05, 3.63) is 34.9 Å². The van der Waals surface area contributed by atoms with Crippen molar-refractivity contribution in [1.29, 1.82) is 0 Å². The van der Waals surface area contributed by atoms with Crippen molar-refractivity contribution in [2.75, 3.05) is 20.1 Å². The number of rotatable bonds is 7. The van der Waals surface area contributed by atoms with Crippen molar-refractivity contribution in [3.8, 4) is 0 Å². The highest BCUT2D eigenvalue weighted by molar-refractivity contribution is 7.81. The van der Waals surface area contributed by atoms with Gasteiger partial charge in [0, 0.05) is 23.9 Å². The molecule has 2 N–H and O–H groups in total. The van der Waals surface area contributed by atoms with E-state index >= 15 is 0 Å². The Hall–Kier alpha value is -1.04. The van der Waals surface area contributed by atoms with Gasteiger partial charge in [-0.1, -0.05) is 38.8 Å². The normalized spacial score (nSPS) is 24.5. The van der Waals surface area contributed by atoms with Crippen LogP contribution in [0, 0.1) is 13.8 Å². The molecule has 146 valence electrons. The first-order valence-corrected chi connectivity index (χ1v) is 10.4. The maximum atomic E-state index is 13.5. The summed E-state index contributed by atoms with van der Waals surface area (Å²) in [7, 11) is 2.00. The minimum atomic E-state index is -0.288. The van der Waals surface area contributed by atoms with E-state index < -0.39 is 0 Å². The number of nitrogens with one attached hydrogen (secondary N) is 2. The Kier molecular flexibility index (Phi) is 7.56. The molecule has 5 heteroatoms. The van der Waals surface area contributed by atoms with Crippen molar-refractivity contribution < 1.29 is 4.79 Å². The molecule has 1 aromatic carbocycles. The first-order chi connectivity index (χ1) is 12.4. The van der Waals surface area contributed by atoms with Crippen molar-refractivity contribution in [3.63, 3.8) is 0 Å². The summed E-state index contributed by atoms with van der Waals surface area (Å²) in [5, 5.41) is 7.33. The van der Waals surface area contributed by atoms with Crippen molar-refractivity contribution in [1.82, 2.24) is 15.5 Å². The first-order valence-electron chi connectivity index (χ1n) is 9.91. The molecule has 1 aliphatic heterocycles. The fraction of sp³-hybridized carbons (Fsp3) is 0.667. The second-order valence-corrected chi connectivity index (χ2v) is 8.08. The molecule has 3 unspecified atom stereocenters. The van der Waals surface area contributed by atoms with E-state index in [-0.39, 0.29) is 22.9 Å². The van der Waals surface area contributed by atoms with E-state index in [1.807, 2.05) is 26.1 Å². The van der Waals surface area contributed by atoms with Crippen LogP contribution in [0.25, 0.3) is 0 Å². The first kappa shape index (κ1) is 21.3. The van der Waals surface area contributed by atoms with Gasteiger partial charge in [0.15, 0.2) is 0 Å². The van der Waals surface area contributed by atoms with Gasteiger partial charge < -0.3 is 10.2 Å². The zero-order valence-electron chi connectivity index (χ0n) is 16.9. The highest BCUT2D eigenvalue weighted by atomic mass is 32.1. The van der Waals surface area contributed by atoms with Gasteiger partial charge in [-0.2, -0.15) is 12.6 Å². The van der Waals surface area contributed by atoms with E-state index in [9.17, 15) is 4.79 Å². The Morgan fingerprint density at radius 3 is 2.77 bits per heavy atom. The number of thiol groups is 1. The van der Waals surface area contributed by atoms with Crippen LogP contribution in [-0.2, 0) is 0 Å². The number of benzene rings is 1. The Morgan fingerprint density at radius 1 is 1.42 bits per heavy atom. The summed E-state index contributed by atoms with van der Waals surface area (Å²) < 4.78 is 0. The van der Waals surface area contributed by atoms with Gasteiger partial charge in [0.25, 0.3) is 5.91 Å². The Morgan fingerprint density at radius 2 is 2.15 bits per heavy atom. The van der Waals surface area contributed by atoms with E-state index in [2.05, 4.69) is 42.4 Å². The molecule has 1 saturated heterocycles. The standard InChI is InChI=1S/C21H35N3OS/c1-6-8-12-21(22-5)19(18(26)7-2)24(14-13-23-21)20(25)17-11-9-10-15(3)16(17)4/h9-11,18-19,22-23,26H,6-8,12-14H2,1-5H3. The fourth-order valence-corrected chi connectivity index (χ4v) is 4.50. The third-order valence-electron chi connectivity index (χ3n) is 5.88. The SMILES string of the molecule is CCCCC1(NC)NCCN(C(=O)c2cccc(C)c2C)C1C(S)CC. The lowest BCUT2D eigenvalue weighted by atomic mass is 9.86. The maximum absolute atomic E-state index is 13.5. The molecule has 2 rings (SSSR count). The predicted octanol–water partition coefficient (Wildman–Crippen LogP) is 3.53. The van der Waals surface area contributed by atoms with Gasteiger partial charge >= 0.3 is 0 Å². The van der Waals surface area contributed by atoms with Crippen LogP contribution in [0.3, 0.4) is 0 Å². The molecule has 1 heterocycles. The molecule has 0 bridgehead atoms. The largest absolute Gasteiger partial charge is 0.330 e. The lowest BCUT2D eigenvalue weighted by Gasteiger charge is -2.53. The number of amides is 1. The van der Waals surface area contributed by atoms with Crippen LogP contribution >= 0.6 is 12.6 Å². The van der Waals surface area contributed by atoms with Gasteiger partial charge in [-0.25, -0.2) is 0 Å². The molecule has 0 aromatic heterocycles. The maximum Gasteiger partial charge on any atom is 0.254 e. The fourth-order valence-electron chi connectivity index (χ4n) is 4.09. The van der Waals surface area contributed by atoms with Gasteiger partial charge in [-0.3, -0.25) is 10.1 Å². The van der Waals surface area contributed by atoms with Crippen molar-refractivity contribution in [2.45, 2.75) is 70.3 Å². The molecular weight excluding hydrogens is 342 g/mol. The molecule has 0 radical (unpaired) electrons. The van der Waals surface area contributed by atoms with Crippen LogP contribution in [0.5, 0.6) is 0 Å². The molecule has 26 heavy (non-hydrogen) atoms. The van der Waals surface area contributed by atoms with Crippen molar-refractivity contribution in [2.24, 2.45) is 0 Å². The molecule has 4 nitrogen and oxygen atoms in total. The number of likely N-dealkylation sites (N-methyl/N-ethyl adjacent to an activating group) is 1. The summed E-state index contributed by atoms with van der Waals surface area (Å²) >= 11 is 4.90. The smallest absolute Gasteiger partial charge is 0.254 e. The average Bonchev–Trinajstić information content (AvgIpc) is 2.66. The van der Waals surface area contributed by atoms with Crippen LogP contribution in [0.4, 0.5) is 0 Å². The number of piperazine rings is 1. The van der Waals surface area contributed by atoms with Gasteiger partial charge in [-0.15, -0.1) is 0 Å². The Bertz CT molecular complexity index is 621. The lowest BCUT2D eigenvalue weighted by Crippen LogP contribution is -2.75. The van der Waals surface area contributed by atoms with Crippen LogP contribution in [-0.4, -0.2) is 47.9 Å². The molecule has 1 fully saturated rings. The number of carbonyl (C=O) groups is 1. The van der Waals surface area contributed by atoms with Gasteiger partial charge in [0.2, 0.25) is 0 Å². The van der Waals surface area contributed by atoms with Crippen LogP contribution in [0.2, 0.25) is 0 Å². The van der Waals surface area contributed by atoms with Crippen molar-refractivity contribution >= 4 is 18.5 Å². The number of hydrogen-bond acceptors (Lipinski definition) is 4. The molecule has 1 aromatic rings. The van der Waals surface area contributed by atoms with E-state index in [1.165, 1.54) is 0 Å². The van der Waals surface area contributed by atoms with E-state index in [1.54, 1.807) is 0 Å². The van der Waals surface area contributed by atoms with Crippen LogP contribution in [0.15, 0.2) is 18.2 Å². The lowest BCUT2D eigenvalue weighted by molar-refractivity contribution is 0.0227. The number of hydrogen-bond donors (Lipinski definition) is 3. The third kappa shape index (κ3) is 4.10. The van der Waals surface area contributed by atoms with Gasteiger partial charge in [0.05, 0.1) is 11.7 Å². The topological polar surface area (TPSA) is 44.4 Å². The zero-order valence-corrected chi connectivity index (χ0v) is 17.8. The van der Waals surface area contributed by atoms with Gasteiger partial charge in [-0.05, 0) is 50.9 Å². The minimum Gasteiger partial charge on any atom is -0.330 e. The molecule has 1 aliphatic rings. The van der Waals surface area contributed by atoms with E-state index in [4.69, 9.17) is 12.6 Å². The van der Waals surface area contributed by atoms with Crippen LogP contribution < -0.4 is 10.6 Å². The third-order valence-corrected chi connectivity index (χ3v) is 6.53. The summed E-state index contributed by atoms with van der Waals surface area (Å²) in [6, 6.07) is 6.01. The van der Waals surface area contributed by atoms with Gasteiger partial charge in [0.1, 0.15) is 0 Å². The molecule has 0 spiro atoms. The molecule has 0 saturated carbocycles. The Labute approximate surface area is 164 Å². The summed E-state index contributed by atoms with van der Waals surface area (Å²) in [6.45, 7) is 9.96. The minimum absolute atomic E-state index is 0.00791. The number of unbranched alkanes of at least 4 members (excludes halogenated alkanes) is 1. The molecule has 1 amide bonds. The Balaban J connectivity index is 2.44. The summed E-state index contributed by atoms with van der Waals surface area (Å²) in [4.78, 5) is 15.6. The highest BCUT2D eigenvalue weighted by Gasteiger charge is 2.47.